The molecule has 0 saturated carbocycles. The molecule has 0 aliphatic heterocycles. The van der Waals surface area contributed by atoms with Crippen LogP contribution in [0.2, 0.25) is 0 Å². The van der Waals surface area contributed by atoms with Crippen LogP contribution in [0.3, 0.4) is 0 Å². The van der Waals surface area contributed by atoms with E-state index in [1.54, 1.807) is 6.20 Å². The Bertz CT molecular complexity index is 693. The van der Waals surface area contributed by atoms with Crippen LogP contribution in [0.4, 0.5) is 5.95 Å². The third-order valence-electron chi connectivity index (χ3n) is 3.95. The standard InChI is InChI=1S/C15H20N6O/c1-9-10(8-17-20-9)14(22)18-12-5-4-6-13-11(12)7-16-15(19-13)21(2)3/h7-8,12H,4-6H2,1-3H3,(H,17,20)(H,18,22)/t12-/m0/s1. The molecule has 0 saturated heterocycles. The number of hydrogen-bond acceptors (Lipinski definition) is 5. The molecule has 7 nitrogen and oxygen atoms in total. The summed E-state index contributed by atoms with van der Waals surface area (Å²) >= 11 is 0. The maximum absolute atomic E-state index is 12.4. The fourth-order valence-corrected chi connectivity index (χ4v) is 2.72. The van der Waals surface area contributed by atoms with Gasteiger partial charge in [-0.2, -0.15) is 5.10 Å². The molecule has 7 heteroatoms. The molecule has 1 amide bonds. The molecule has 3 rings (SSSR count). The van der Waals surface area contributed by atoms with E-state index in [9.17, 15) is 4.79 Å². The number of amides is 1. The van der Waals surface area contributed by atoms with Crippen molar-refractivity contribution in [1.82, 2.24) is 25.5 Å². The highest BCUT2D eigenvalue weighted by Gasteiger charge is 2.25. The number of hydrogen-bond donors (Lipinski definition) is 2. The van der Waals surface area contributed by atoms with Gasteiger partial charge in [-0.1, -0.05) is 0 Å². The van der Waals surface area contributed by atoms with Crippen LogP contribution < -0.4 is 10.2 Å². The van der Waals surface area contributed by atoms with Gasteiger partial charge in [-0.15, -0.1) is 0 Å². The topological polar surface area (TPSA) is 86.8 Å². The zero-order valence-corrected chi connectivity index (χ0v) is 13.1. The summed E-state index contributed by atoms with van der Waals surface area (Å²) in [5.74, 6) is 0.595. The SMILES string of the molecule is Cc1[nH]ncc1C(=O)N[C@H]1CCCc2nc(N(C)C)ncc21. The largest absolute Gasteiger partial charge is 0.347 e. The molecule has 0 fully saturated rings. The van der Waals surface area contributed by atoms with E-state index in [1.165, 1.54) is 0 Å². The smallest absolute Gasteiger partial charge is 0.255 e. The van der Waals surface area contributed by atoms with Crippen LogP contribution in [0.1, 0.15) is 46.2 Å². The van der Waals surface area contributed by atoms with E-state index in [2.05, 4.69) is 25.5 Å². The Morgan fingerprint density at radius 2 is 2.23 bits per heavy atom. The van der Waals surface area contributed by atoms with Crippen LogP contribution in [0.25, 0.3) is 0 Å². The normalized spacial score (nSPS) is 17.0. The predicted octanol–water partition coefficient (Wildman–Crippen LogP) is 1.38. The van der Waals surface area contributed by atoms with Crippen molar-refractivity contribution in [3.05, 3.63) is 34.9 Å². The molecule has 1 aliphatic rings. The van der Waals surface area contributed by atoms with Crippen LogP contribution in [0, 0.1) is 6.92 Å². The van der Waals surface area contributed by atoms with Gasteiger partial charge in [-0.3, -0.25) is 9.89 Å². The molecule has 116 valence electrons. The molecule has 2 aromatic rings. The molecule has 1 atom stereocenters. The molecule has 0 spiro atoms. The molecule has 2 heterocycles. The lowest BCUT2D eigenvalue weighted by atomic mass is 9.92. The van der Waals surface area contributed by atoms with E-state index >= 15 is 0 Å². The van der Waals surface area contributed by atoms with Crippen LogP contribution in [0.5, 0.6) is 0 Å². The summed E-state index contributed by atoms with van der Waals surface area (Å²) < 4.78 is 0. The van der Waals surface area contributed by atoms with Gasteiger partial charge < -0.3 is 10.2 Å². The average Bonchev–Trinajstić information content (AvgIpc) is 2.93. The number of nitrogens with one attached hydrogen (secondary N) is 2. The first-order chi connectivity index (χ1) is 10.6. The highest BCUT2D eigenvalue weighted by Crippen LogP contribution is 2.29. The zero-order chi connectivity index (χ0) is 15.7. The highest BCUT2D eigenvalue weighted by molar-refractivity contribution is 5.95. The van der Waals surface area contributed by atoms with Gasteiger partial charge in [0.25, 0.3) is 5.91 Å². The van der Waals surface area contributed by atoms with Crippen molar-refractivity contribution in [2.45, 2.75) is 32.2 Å². The van der Waals surface area contributed by atoms with E-state index in [0.29, 0.717) is 11.5 Å². The second-order valence-electron chi connectivity index (χ2n) is 5.79. The Kier molecular flexibility index (Phi) is 3.79. The van der Waals surface area contributed by atoms with E-state index < -0.39 is 0 Å². The second-order valence-corrected chi connectivity index (χ2v) is 5.79. The minimum absolute atomic E-state index is 0.0400. The Balaban J connectivity index is 1.83. The van der Waals surface area contributed by atoms with Crippen molar-refractivity contribution in [2.75, 3.05) is 19.0 Å². The lowest BCUT2D eigenvalue weighted by Crippen LogP contribution is -2.32. The van der Waals surface area contributed by atoms with E-state index in [4.69, 9.17) is 0 Å². The third-order valence-corrected chi connectivity index (χ3v) is 3.95. The Hall–Kier alpha value is -2.44. The fourth-order valence-electron chi connectivity index (χ4n) is 2.72. The third kappa shape index (κ3) is 2.66. The number of carbonyl (C=O) groups excluding carboxylic acids is 1. The summed E-state index contributed by atoms with van der Waals surface area (Å²) in [7, 11) is 3.84. The number of aromatic amines is 1. The van der Waals surface area contributed by atoms with Gasteiger partial charge in [-0.05, 0) is 26.2 Å². The van der Waals surface area contributed by atoms with Crippen LogP contribution in [-0.2, 0) is 6.42 Å². The van der Waals surface area contributed by atoms with Crippen LogP contribution in [-0.4, -0.2) is 40.2 Å². The number of fused-ring (bicyclic) bond motifs is 1. The van der Waals surface area contributed by atoms with Gasteiger partial charge in [-0.25, -0.2) is 9.97 Å². The second kappa shape index (κ2) is 5.75. The lowest BCUT2D eigenvalue weighted by molar-refractivity contribution is 0.0932. The fraction of sp³-hybridized carbons (Fsp3) is 0.467. The Labute approximate surface area is 129 Å². The van der Waals surface area contributed by atoms with Crippen LogP contribution in [0.15, 0.2) is 12.4 Å². The van der Waals surface area contributed by atoms with Crippen molar-refractivity contribution < 1.29 is 4.79 Å². The van der Waals surface area contributed by atoms with Crippen molar-refractivity contribution in [3.63, 3.8) is 0 Å². The summed E-state index contributed by atoms with van der Waals surface area (Å²) in [6, 6.07) is -0.0400. The zero-order valence-electron chi connectivity index (χ0n) is 13.1. The summed E-state index contributed by atoms with van der Waals surface area (Å²) in [4.78, 5) is 23.2. The molecule has 0 aromatic carbocycles. The molecule has 2 aromatic heterocycles. The lowest BCUT2D eigenvalue weighted by Gasteiger charge is -2.26. The summed E-state index contributed by atoms with van der Waals surface area (Å²) in [6.45, 7) is 1.84. The maximum atomic E-state index is 12.4. The molecule has 1 aliphatic carbocycles. The van der Waals surface area contributed by atoms with Gasteiger partial charge in [0.15, 0.2) is 0 Å². The van der Waals surface area contributed by atoms with Crippen LogP contribution >= 0.6 is 0 Å². The van der Waals surface area contributed by atoms with Crippen molar-refractivity contribution in [3.8, 4) is 0 Å². The summed E-state index contributed by atoms with van der Waals surface area (Å²) in [5.41, 5.74) is 3.40. The predicted molar refractivity (Wildman–Crippen MR) is 82.8 cm³/mol. The van der Waals surface area contributed by atoms with E-state index in [1.807, 2.05) is 32.1 Å². The molecule has 0 radical (unpaired) electrons. The number of aromatic nitrogens is 4. The van der Waals surface area contributed by atoms with Crippen molar-refractivity contribution in [1.29, 1.82) is 0 Å². The van der Waals surface area contributed by atoms with E-state index in [-0.39, 0.29) is 11.9 Å². The van der Waals surface area contributed by atoms with Gasteiger partial charge in [0, 0.05) is 31.5 Å². The van der Waals surface area contributed by atoms with Crippen molar-refractivity contribution >= 4 is 11.9 Å². The minimum atomic E-state index is -0.110. The molecule has 0 unspecified atom stereocenters. The van der Waals surface area contributed by atoms with Gasteiger partial charge in [0.05, 0.1) is 23.5 Å². The first-order valence-corrected chi connectivity index (χ1v) is 7.40. The van der Waals surface area contributed by atoms with Gasteiger partial charge in [0.2, 0.25) is 5.95 Å². The van der Waals surface area contributed by atoms with Crippen molar-refractivity contribution in [2.24, 2.45) is 0 Å². The first-order valence-electron chi connectivity index (χ1n) is 7.40. The number of carbonyl (C=O) groups is 1. The number of aryl methyl sites for hydroxylation is 2. The Morgan fingerprint density at radius 3 is 2.91 bits per heavy atom. The number of anilines is 1. The molecule has 22 heavy (non-hydrogen) atoms. The highest BCUT2D eigenvalue weighted by atomic mass is 16.1. The maximum Gasteiger partial charge on any atom is 0.255 e. The summed E-state index contributed by atoms with van der Waals surface area (Å²) in [6.07, 6.45) is 6.23. The van der Waals surface area contributed by atoms with Gasteiger partial charge in [0.1, 0.15) is 0 Å². The molecule has 2 N–H and O–H groups in total. The quantitative estimate of drug-likeness (QED) is 0.894. The summed E-state index contributed by atoms with van der Waals surface area (Å²) in [5, 5.41) is 9.75. The average molecular weight is 300 g/mol. The molecular weight excluding hydrogens is 280 g/mol. The molecular formula is C15H20N6O. The molecule has 0 bridgehead atoms. The first kappa shape index (κ1) is 14.5. The number of H-pyrrole nitrogens is 1. The Morgan fingerprint density at radius 1 is 1.41 bits per heavy atom. The minimum Gasteiger partial charge on any atom is -0.347 e. The van der Waals surface area contributed by atoms with E-state index in [0.717, 1.165) is 36.2 Å². The number of rotatable bonds is 3. The monoisotopic (exact) mass is 300 g/mol. The number of nitrogens with zero attached hydrogens (tertiary/aromatic N) is 4. The van der Waals surface area contributed by atoms with Gasteiger partial charge >= 0.3 is 0 Å².